The zero-order chi connectivity index (χ0) is 12.6. The summed E-state index contributed by atoms with van der Waals surface area (Å²) in [6.07, 6.45) is 1.76. The molecule has 0 spiro atoms. The number of imidazole rings is 1. The van der Waals surface area contributed by atoms with Gasteiger partial charge in [-0.05, 0) is 18.2 Å². The highest BCUT2D eigenvalue weighted by molar-refractivity contribution is 5.48. The van der Waals surface area contributed by atoms with Crippen molar-refractivity contribution in [2.75, 3.05) is 5.73 Å². The van der Waals surface area contributed by atoms with E-state index in [-0.39, 0.29) is 11.1 Å². The van der Waals surface area contributed by atoms with E-state index in [2.05, 4.69) is 25.8 Å². The number of benzene rings is 1. The van der Waals surface area contributed by atoms with Crippen LogP contribution in [0, 0.1) is 0 Å². The second-order valence-corrected chi connectivity index (χ2v) is 5.16. The molecule has 0 aliphatic rings. The average Bonchev–Trinajstić information content (AvgIpc) is 2.59. The highest BCUT2D eigenvalue weighted by atomic mass is 16.1. The van der Waals surface area contributed by atoms with Crippen LogP contribution in [-0.2, 0) is 5.41 Å². The predicted molar refractivity (Wildman–Crippen MR) is 69.5 cm³/mol. The fraction of sp³-hybridized carbons (Fsp3) is 0.308. The molecule has 17 heavy (non-hydrogen) atoms. The Balaban J connectivity index is 2.67. The second-order valence-electron chi connectivity index (χ2n) is 5.16. The van der Waals surface area contributed by atoms with Gasteiger partial charge in [0, 0.05) is 23.0 Å². The predicted octanol–water partition coefficient (Wildman–Crippen LogP) is 2.05. The van der Waals surface area contributed by atoms with Gasteiger partial charge in [0.25, 0.3) is 0 Å². The molecular formula is C13H17N3O. The molecule has 0 atom stereocenters. The summed E-state index contributed by atoms with van der Waals surface area (Å²) in [4.78, 5) is 14.6. The molecule has 0 fully saturated rings. The Bertz CT molecular complexity index is 587. The molecule has 0 amide bonds. The minimum absolute atomic E-state index is 0.107. The maximum Gasteiger partial charge on any atom is 0.330 e. The third-order valence-corrected chi connectivity index (χ3v) is 2.67. The monoisotopic (exact) mass is 231 g/mol. The van der Waals surface area contributed by atoms with Crippen LogP contribution < -0.4 is 11.4 Å². The first-order valence-electron chi connectivity index (χ1n) is 5.56. The van der Waals surface area contributed by atoms with Crippen LogP contribution in [-0.4, -0.2) is 9.55 Å². The van der Waals surface area contributed by atoms with E-state index in [4.69, 9.17) is 5.73 Å². The fourth-order valence-corrected chi connectivity index (χ4v) is 1.84. The Labute approximate surface area is 100 Å². The number of H-pyrrole nitrogens is 1. The summed E-state index contributed by atoms with van der Waals surface area (Å²) < 4.78 is 1.66. The summed E-state index contributed by atoms with van der Waals surface area (Å²) in [6.45, 7) is 6.20. The molecular weight excluding hydrogens is 214 g/mol. The number of nitrogen functional groups attached to an aromatic ring is 1. The van der Waals surface area contributed by atoms with Crippen LogP contribution in [0.15, 0.2) is 35.3 Å². The van der Waals surface area contributed by atoms with Gasteiger partial charge < -0.3 is 10.7 Å². The van der Waals surface area contributed by atoms with Crippen molar-refractivity contribution in [2.45, 2.75) is 26.2 Å². The summed E-state index contributed by atoms with van der Waals surface area (Å²) in [5.74, 6) is 0. The number of hydrogen-bond acceptors (Lipinski definition) is 2. The van der Waals surface area contributed by atoms with Crippen molar-refractivity contribution in [3.05, 3.63) is 46.6 Å². The molecule has 0 aliphatic heterocycles. The van der Waals surface area contributed by atoms with Crippen LogP contribution in [0.2, 0.25) is 0 Å². The minimum Gasteiger partial charge on any atom is -0.399 e. The molecule has 90 valence electrons. The number of aromatic amines is 1. The Morgan fingerprint density at radius 3 is 2.59 bits per heavy atom. The van der Waals surface area contributed by atoms with Gasteiger partial charge in [-0.1, -0.05) is 26.8 Å². The first-order chi connectivity index (χ1) is 7.89. The average molecular weight is 231 g/mol. The number of nitrogens with one attached hydrogen (secondary N) is 1. The lowest BCUT2D eigenvalue weighted by atomic mass is 9.92. The molecule has 4 heteroatoms. The highest BCUT2D eigenvalue weighted by Crippen LogP contribution is 2.23. The highest BCUT2D eigenvalue weighted by Gasteiger charge is 2.21. The van der Waals surface area contributed by atoms with Crippen LogP contribution in [0.4, 0.5) is 5.69 Å². The van der Waals surface area contributed by atoms with Crippen molar-refractivity contribution in [3.63, 3.8) is 0 Å². The number of hydrogen-bond donors (Lipinski definition) is 2. The quantitative estimate of drug-likeness (QED) is 0.738. The summed E-state index contributed by atoms with van der Waals surface area (Å²) in [6, 6.07) is 7.32. The SMILES string of the molecule is CC(C)(C)c1c[nH]c(=O)n1-c1cccc(N)c1. The molecule has 0 unspecified atom stereocenters. The largest absolute Gasteiger partial charge is 0.399 e. The van der Waals surface area contributed by atoms with Crippen LogP contribution in [0.3, 0.4) is 0 Å². The van der Waals surface area contributed by atoms with Crippen molar-refractivity contribution < 1.29 is 0 Å². The van der Waals surface area contributed by atoms with Gasteiger partial charge in [-0.25, -0.2) is 4.79 Å². The van der Waals surface area contributed by atoms with E-state index >= 15 is 0 Å². The van der Waals surface area contributed by atoms with Crippen molar-refractivity contribution in [2.24, 2.45) is 0 Å². The van der Waals surface area contributed by atoms with E-state index < -0.39 is 0 Å². The number of nitrogens with two attached hydrogens (primary N) is 1. The lowest BCUT2D eigenvalue weighted by Crippen LogP contribution is -2.23. The summed E-state index contributed by atoms with van der Waals surface area (Å²) >= 11 is 0. The minimum atomic E-state index is -0.138. The third-order valence-electron chi connectivity index (χ3n) is 2.67. The lowest BCUT2D eigenvalue weighted by molar-refractivity contribution is 0.554. The summed E-state index contributed by atoms with van der Waals surface area (Å²) in [7, 11) is 0. The molecule has 1 heterocycles. The molecule has 0 saturated carbocycles. The van der Waals surface area contributed by atoms with Crippen LogP contribution >= 0.6 is 0 Å². The van der Waals surface area contributed by atoms with Crippen molar-refractivity contribution >= 4 is 5.69 Å². The first-order valence-corrected chi connectivity index (χ1v) is 5.56. The lowest BCUT2D eigenvalue weighted by Gasteiger charge is -2.20. The number of rotatable bonds is 1. The van der Waals surface area contributed by atoms with E-state index in [0.717, 1.165) is 11.4 Å². The summed E-state index contributed by atoms with van der Waals surface area (Å²) in [5.41, 5.74) is 7.88. The molecule has 0 aliphatic carbocycles. The van der Waals surface area contributed by atoms with Crippen molar-refractivity contribution in [3.8, 4) is 5.69 Å². The van der Waals surface area contributed by atoms with Gasteiger partial charge in [0.05, 0.1) is 5.69 Å². The second kappa shape index (κ2) is 3.80. The maximum absolute atomic E-state index is 11.9. The Hall–Kier alpha value is -1.97. The Morgan fingerprint density at radius 2 is 2.00 bits per heavy atom. The van der Waals surface area contributed by atoms with Gasteiger partial charge in [0.2, 0.25) is 0 Å². The molecule has 0 saturated heterocycles. The molecule has 0 radical (unpaired) electrons. The van der Waals surface area contributed by atoms with Gasteiger partial charge in [-0.2, -0.15) is 0 Å². The summed E-state index contributed by atoms with van der Waals surface area (Å²) in [5, 5.41) is 0. The van der Waals surface area contributed by atoms with Crippen LogP contribution in [0.25, 0.3) is 5.69 Å². The molecule has 3 N–H and O–H groups in total. The van der Waals surface area contributed by atoms with Crippen LogP contribution in [0.5, 0.6) is 0 Å². The molecule has 2 rings (SSSR count). The van der Waals surface area contributed by atoms with Crippen LogP contribution in [0.1, 0.15) is 26.5 Å². The fourth-order valence-electron chi connectivity index (χ4n) is 1.84. The molecule has 0 bridgehead atoms. The standard InChI is InChI=1S/C13H17N3O/c1-13(2,3)11-8-15-12(17)16(11)10-6-4-5-9(14)7-10/h4-8H,14H2,1-3H3,(H,15,17). The smallest absolute Gasteiger partial charge is 0.330 e. The van der Waals surface area contributed by atoms with Gasteiger partial charge >= 0.3 is 5.69 Å². The molecule has 1 aromatic carbocycles. The first kappa shape index (κ1) is 11.5. The molecule has 2 aromatic rings. The van der Waals surface area contributed by atoms with Gasteiger partial charge in [-0.15, -0.1) is 0 Å². The normalized spacial score (nSPS) is 11.7. The maximum atomic E-state index is 11.9. The van der Waals surface area contributed by atoms with E-state index in [0.29, 0.717) is 5.69 Å². The van der Waals surface area contributed by atoms with E-state index in [1.165, 1.54) is 0 Å². The van der Waals surface area contributed by atoms with E-state index in [9.17, 15) is 4.79 Å². The van der Waals surface area contributed by atoms with E-state index in [1.54, 1.807) is 22.9 Å². The number of anilines is 1. The van der Waals surface area contributed by atoms with Crippen molar-refractivity contribution in [1.29, 1.82) is 0 Å². The Kier molecular flexibility index (Phi) is 2.58. The number of aromatic nitrogens is 2. The molecule has 4 nitrogen and oxygen atoms in total. The van der Waals surface area contributed by atoms with Crippen molar-refractivity contribution in [1.82, 2.24) is 9.55 Å². The number of nitrogens with zero attached hydrogens (tertiary/aromatic N) is 1. The van der Waals surface area contributed by atoms with Gasteiger partial charge in [-0.3, -0.25) is 4.57 Å². The third kappa shape index (κ3) is 2.11. The zero-order valence-corrected chi connectivity index (χ0v) is 10.3. The zero-order valence-electron chi connectivity index (χ0n) is 10.3. The van der Waals surface area contributed by atoms with Gasteiger partial charge in [0.15, 0.2) is 0 Å². The van der Waals surface area contributed by atoms with E-state index in [1.807, 2.05) is 12.1 Å². The topological polar surface area (TPSA) is 63.8 Å². The molecule has 1 aromatic heterocycles. The Morgan fingerprint density at radius 1 is 1.29 bits per heavy atom. The van der Waals surface area contributed by atoms with Gasteiger partial charge in [0.1, 0.15) is 0 Å².